The predicted octanol–water partition coefficient (Wildman–Crippen LogP) is 2.45. The molecule has 0 saturated carbocycles. The van der Waals surface area contributed by atoms with E-state index in [-0.39, 0.29) is 6.04 Å². The third-order valence-electron chi connectivity index (χ3n) is 3.07. The van der Waals surface area contributed by atoms with Crippen molar-refractivity contribution in [1.82, 2.24) is 9.88 Å². The second-order valence-electron chi connectivity index (χ2n) is 4.70. The molecule has 1 unspecified atom stereocenters. The van der Waals surface area contributed by atoms with Gasteiger partial charge in [-0.05, 0) is 31.8 Å². The fraction of sp³-hybridized carbons (Fsp3) is 0.357. The SMILES string of the molecule is COc1cccc(C(CNc2ncc(N)s2)N(C)C)c1. The number of hydrogen-bond donors (Lipinski definition) is 2. The topological polar surface area (TPSA) is 63.4 Å². The lowest BCUT2D eigenvalue weighted by Gasteiger charge is -2.25. The predicted molar refractivity (Wildman–Crippen MR) is 84.4 cm³/mol. The summed E-state index contributed by atoms with van der Waals surface area (Å²) in [7, 11) is 5.80. The van der Waals surface area contributed by atoms with Gasteiger partial charge in [0.15, 0.2) is 5.13 Å². The summed E-state index contributed by atoms with van der Waals surface area (Å²) in [6, 6.07) is 8.35. The Kier molecular flexibility index (Phi) is 4.81. The van der Waals surface area contributed by atoms with Gasteiger partial charge >= 0.3 is 0 Å². The molecule has 20 heavy (non-hydrogen) atoms. The molecular formula is C14H20N4OS. The molecule has 0 aliphatic heterocycles. The van der Waals surface area contributed by atoms with Crippen LogP contribution in [0.5, 0.6) is 5.75 Å². The molecule has 1 atom stereocenters. The van der Waals surface area contributed by atoms with E-state index in [1.165, 1.54) is 16.9 Å². The van der Waals surface area contributed by atoms with Crippen molar-refractivity contribution < 1.29 is 4.74 Å². The molecule has 0 radical (unpaired) electrons. The molecule has 2 rings (SSSR count). The van der Waals surface area contributed by atoms with Gasteiger partial charge in [-0.2, -0.15) is 0 Å². The van der Waals surface area contributed by atoms with Crippen LogP contribution in [0.3, 0.4) is 0 Å². The van der Waals surface area contributed by atoms with E-state index in [9.17, 15) is 0 Å². The first kappa shape index (κ1) is 14.6. The molecule has 5 nitrogen and oxygen atoms in total. The number of thiazole rings is 1. The first-order valence-electron chi connectivity index (χ1n) is 6.35. The van der Waals surface area contributed by atoms with Gasteiger partial charge in [-0.1, -0.05) is 23.5 Å². The highest BCUT2D eigenvalue weighted by Crippen LogP contribution is 2.25. The van der Waals surface area contributed by atoms with Gasteiger partial charge in [0.2, 0.25) is 0 Å². The second-order valence-corrected chi connectivity index (χ2v) is 5.77. The molecule has 0 bridgehead atoms. The molecule has 0 fully saturated rings. The van der Waals surface area contributed by atoms with Crippen molar-refractivity contribution in [2.24, 2.45) is 0 Å². The maximum atomic E-state index is 5.68. The van der Waals surface area contributed by atoms with Gasteiger partial charge in [0.1, 0.15) is 10.8 Å². The van der Waals surface area contributed by atoms with E-state index in [2.05, 4.69) is 41.4 Å². The number of nitrogens with zero attached hydrogens (tertiary/aromatic N) is 2. The van der Waals surface area contributed by atoms with Crippen LogP contribution in [0.25, 0.3) is 0 Å². The largest absolute Gasteiger partial charge is 0.497 e. The zero-order chi connectivity index (χ0) is 14.5. The number of likely N-dealkylation sites (N-methyl/N-ethyl adjacent to an activating group) is 1. The molecule has 1 aromatic carbocycles. The summed E-state index contributed by atoms with van der Waals surface area (Å²) in [5, 5.41) is 4.89. The van der Waals surface area contributed by atoms with Crippen LogP contribution >= 0.6 is 11.3 Å². The molecule has 0 saturated heterocycles. The number of hydrogen-bond acceptors (Lipinski definition) is 6. The van der Waals surface area contributed by atoms with Gasteiger partial charge in [0, 0.05) is 6.54 Å². The zero-order valence-electron chi connectivity index (χ0n) is 12.0. The molecule has 1 heterocycles. The van der Waals surface area contributed by atoms with E-state index in [0.29, 0.717) is 0 Å². The molecule has 0 aliphatic carbocycles. The van der Waals surface area contributed by atoms with Crippen molar-refractivity contribution >= 4 is 21.5 Å². The van der Waals surface area contributed by atoms with E-state index in [1.807, 2.05) is 12.1 Å². The van der Waals surface area contributed by atoms with Crippen molar-refractivity contribution in [3.05, 3.63) is 36.0 Å². The Morgan fingerprint density at radius 3 is 2.85 bits per heavy atom. The fourth-order valence-electron chi connectivity index (χ4n) is 2.00. The van der Waals surface area contributed by atoms with Crippen LogP contribution in [0.15, 0.2) is 30.5 Å². The Balaban J connectivity index is 2.10. The Morgan fingerprint density at radius 1 is 1.45 bits per heavy atom. The normalized spacial score (nSPS) is 12.4. The van der Waals surface area contributed by atoms with Crippen molar-refractivity contribution in [2.75, 3.05) is 38.8 Å². The number of nitrogen functional groups attached to an aromatic ring is 1. The molecule has 6 heteroatoms. The first-order chi connectivity index (χ1) is 9.60. The lowest BCUT2D eigenvalue weighted by Crippen LogP contribution is -2.26. The van der Waals surface area contributed by atoms with Crippen LogP contribution in [0.1, 0.15) is 11.6 Å². The van der Waals surface area contributed by atoms with Crippen molar-refractivity contribution in [2.45, 2.75) is 6.04 Å². The average molecular weight is 292 g/mol. The van der Waals surface area contributed by atoms with Crippen molar-refractivity contribution in [3.63, 3.8) is 0 Å². The minimum atomic E-state index is 0.232. The van der Waals surface area contributed by atoms with Gasteiger partial charge in [-0.15, -0.1) is 0 Å². The van der Waals surface area contributed by atoms with Crippen LogP contribution < -0.4 is 15.8 Å². The number of anilines is 2. The maximum absolute atomic E-state index is 5.68. The van der Waals surface area contributed by atoms with Crippen molar-refractivity contribution in [1.29, 1.82) is 0 Å². The Morgan fingerprint density at radius 2 is 2.25 bits per heavy atom. The molecular weight excluding hydrogens is 272 g/mol. The Labute approximate surface area is 123 Å². The summed E-state index contributed by atoms with van der Waals surface area (Å²) in [6.07, 6.45) is 1.67. The summed E-state index contributed by atoms with van der Waals surface area (Å²) in [6.45, 7) is 0.757. The Hall–Kier alpha value is -1.79. The van der Waals surface area contributed by atoms with Crippen LogP contribution in [0.2, 0.25) is 0 Å². The highest BCUT2D eigenvalue weighted by Gasteiger charge is 2.15. The summed E-state index contributed by atoms with van der Waals surface area (Å²) >= 11 is 1.46. The molecule has 0 amide bonds. The summed E-state index contributed by atoms with van der Waals surface area (Å²) in [5.41, 5.74) is 6.88. The summed E-state index contributed by atoms with van der Waals surface area (Å²) in [4.78, 5) is 6.38. The third-order valence-corrected chi connectivity index (χ3v) is 3.86. The standard InChI is InChI=1S/C14H20N4OS/c1-18(2)12(8-16-14-17-9-13(15)20-14)10-5-4-6-11(7-10)19-3/h4-7,9,12H,8,15H2,1-3H3,(H,16,17). The van der Waals surface area contributed by atoms with E-state index < -0.39 is 0 Å². The zero-order valence-corrected chi connectivity index (χ0v) is 12.8. The van der Waals surface area contributed by atoms with Gasteiger partial charge in [0.25, 0.3) is 0 Å². The van der Waals surface area contributed by atoms with Crippen LogP contribution in [-0.4, -0.2) is 37.6 Å². The summed E-state index contributed by atoms with van der Waals surface area (Å²) in [5.74, 6) is 0.868. The van der Waals surface area contributed by atoms with E-state index in [4.69, 9.17) is 10.5 Å². The minimum absolute atomic E-state index is 0.232. The van der Waals surface area contributed by atoms with E-state index in [1.54, 1.807) is 13.3 Å². The van der Waals surface area contributed by atoms with Crippen LogP contribution in [0, 0.1) is 0 Å². The highest BCUT2D eigenvalue weighted by molar-refractivity contribution is 7.19. The number of nitrogens with two attached hydrogens (primary N) is 1. The van der Waals surface area contributed by atoms with Crippen LogP contribution in [0.4, 0.5) is 10.1 Å². The Bertz CT molecular complexity index is 556. The smallest absolute Gasteiger partial charge is 0.184 e. The maximum Gasteiger partial charge on any atom is 0.184 e. The van der Waals surface area contributed by atoms with E-state index in [0.717, 1.165) is 22.4 Å². The number of rotatable bonds is 6. The first-order valence-corrected chi connectivity index (χ1v) is 7.17. The van der Waals surface area contributed by atoms with Gasteiger partial charge in [0.05, 0.1) is 19.3 Å². The quantitative estimate of drug-likeness (QED) is 0.856. The lowest BCUT2D eigenvalue weighted by molar-refractivity contribution is 0.310. The molecule has 108 valence electrons. The highest BCUT2D eigenvalue weighted by atomic mass is 32.1. The monoisotopic (exact) mass is 292 g/mol. The molecule has 2 aromatic rings. The molecule has 0 aliphatic rings. The minimum Gasteiger partial charge on any atom is -0.497 e. The average Bonchev–Trinajstić information content (AvgIpc) is 2.84. The molecule has 0 spiro atoms. The number of nitrogens with one attached hydrogen (secondary N) is 1. The number of methoxy groups -OCH3 is 1. The second kappa shape index (κ2) is 6.58. The number of benzene rings is 1. The lowest BCUT2D eigenvalue weighted by atomic mass is 10.1. The van der Waals surface area contributed by atoms with Gasteiger partial charge in [-0.3, -0.25) is 0 Å². The van der Waals surface area contributed by atoms with Gasteiger partial charge < -0.3 is 20.7 Å². The molecule has 3 N–H and O–H groups in total. The van der Waals surface area contributed by atoms with Crippen molar-refractivity contribution in [3.8, 4) is 5.75 Å². The third kappa shape index (κ3) is 3.61. The van der Waals surface area contributed by atoms with E-state index >= 15 is 0 Å². The van der Waals surface area contributed by atoms with Crippen LogP contribution in [-0.2, 0) is 0 Å². The van der Waals surface area contributed by atoms with Gasteiger partial charge in [-0.25, -0.2) is 4.98 Å². The number of aromatic nitrogens is 1. The fourth-order valence-corrected chi connectivity index (χ4v) is 2.59. The summed E-state index contributed by atoms with van der Waals surface area (Å²) < 4.78 is 5.29. The number of ether oxygens (including phenoxy) is 1. The molecule has 1 aromatic heterocycles.